The van der Waals surface area contributed by atoms with Crippen LogP contribution in [0.4, 0.5) is 0 Å². The van der Waals surface area contributed by atoms with E-state index >= 15 is 0 Å². The minimum atomic E-state index is -6.11. The Morgan fingerprint density at radius 1 is 0.444 bits per heavy atom. The molecule has 71 valence electrons. The van der Waals surface area contributed by atoms with Crippen LogP contribution in [0, 0.1) is 0 Å². The van der Waals surface area contributed by atoms with Gasteiger partial charge in [-0.3, -0.25) is 0 Å². The maximum absolute atomic E-state index is 6.11. The van der Waals surface area contributed by atoms with E-state index in [1.807, 2.05) is 0 Å². The second-order valence-corrected chi connectivity index (χ2v) is 57.7. The molecule has 0 N–H and O–H groups in total. The zero-order chi connectivity index (χ0) is 8.35. The van der Waals surface area contributed by atoms with E-state index in [1.54, 1.807) is 0 Å². The van der Waals surface area contributed by atoms with Crippen LogP contribution >= 0.6 is 84.8 Å². The fraction of sp³-hybridized carbons (Fsp3) is 0. The average Bonchev–Trinajstić information content (AvgIpc) is 0.503. The summed E-state index contributed by atoms with van der Waals surface area (Å²) in [7, 11) is 35.9. The van der Waals surface area contributed by atoms with Crippen molar-refractivity contribution in [2.24, 2.45) is 0 Å². The van der Waals surface area contributed by atoms with Gasteiger partial charge in [-0.25, -0.2) is 0 Å². The fourth-order valence-corrected chi connectivity index (χ4v) is 0. The van der Waals surface area contributed by atoms with Crippen molar-refractivity contribution < 1.29 is -4.47 Å². The van der Waals surface area contributed by atoms with Crippen molar-refractivity contribution in [3.8, 4) is 0 Å². The van der Waals surface area contributed by atoms with E-state index in [2.05, 4.69) is 84.8 Å². The van der Waals surface area contributed by atoms with Crippen LogP contribution in [0.3, 0.4) is 0 Å². The molecular weight excluding hydrogens is 315 g/mol. The van der Waals surface area contributed by atoms with Crippen molar-refractivity contribution in [3.05, 3.63) is 0 Å². The molecular formula is CoS8-14. The summed E-state index contributed by atoms with van der Waals surface area (Å²) in [6.45, 7) is 0. The van der Waals surface area contributed by atoms with Crippen molar-refractivity contribution in [3.63, 3.8) is 0 Å². The van der Waals surface area contributed by atoms with Gasteiger partial charge in [0.2, 0.25) is 0 Å². The summed E-state index contributed by atoms with van der Waals surface area (Å²) >= 11 is 0. The molecule has 0 spiro atoms. The summed E-state index contributed by atoms with van der Waals surface area (Å²) in [6, 6.07) is 0. The molecule has 0 aromatic carbocycles. The third kappa shape index (κ3) is 137. The Kier molecular flexibility index (Phi) is 1.20. The Morgan fingerprint density at radius 3 is 0.444 bits per heavy atom. The van der Waals surface area contributed by atoms with Crippen LogP contribution < -0.4 is 0 Å². The fourth-order valence-electron chi connectivity index (χ4n) is 0. The molecule has 0 aromatic heterocycles. The van der Waals surface area contributed by atoms with E-state index in [0.717, 1.165) is 0 Å². The van der Waals surface area contributed by atoms with Gasteiger partial charge in [0.05, 0.1) is 0 Å². The third-order valence-electron chi connectivity index (χ3n) is 0. The SMILES string of the molecule is [S]=[Co-14](=[S])(=[S])(=[S])(=[S])(=[S])(=[S])=[S]. The van der Waals surface area contributed by atoms with Crippen LogP contribution in [0.5, 0.6) is 0 Å². The summed E-state index contributed by atoms with van der Waals surface area (Å²) in [5.41, 5.74) is 0. The van der Waals surface area contributed by atoms with Crippen molar-refractivity contribution in [1.29, 1.82) is 0 Å². The van der Waals surface area contributed by atoms with Gasteiger partial charge < -0.3 is 0 Å². The zero-order valence-electron chi connectivity index (χ0n) is 3.60. The molecule has 0 rings (SSSR count). The summed E-state index contributed by atoms with van der Waals surface area (Å²) in [6.07, 6.45) is 0. The first-order valence-electron chi connectivity index (χ1n) is 1.09. The van der Waals surface area contributed by atoms with E-state index in [1.165, 1.54) is 0 Å². The predicted molar refractivity (Wildman–Crippen MR) is 60.7 cm³/mol. The Balaban J connectivity index is 11.7. The Hall–Kier alpha value is 2.27. The van der Waals surface area contributed by atoms with Crippen molar-refractivity contribution in [1.82, 2.24) is 0 Å². The molecule has 0 aliphatic rings. The van der Waals surface area contributed by atoms with E-state index in [-0.39, 0.29) is 0 Å². The molecule has 0 unspecified atom stereocenters. The van der Waals surface area contributed by atoms with Gasteiger partial charge in [-0.1, -0.05) is 0 Å². The van der Waals surface area contributed by atoms with Gasteiger partial charge in [0.1, 0.15) is 0 Å². The van der Waals surface area contributed by atoms with Gasteiger partial charge in [0, 0.05) is 0 Å². The number of hydrogen-bond donors (Lipinski definition) is 0. The van der Waals surface area contributed by atoms with Crippen molar-refractivity contribution in [2.45, 2.75) is 0 Å². The Bertz CT molecular complexity index is 876. The molecule has 0 heterocycles. The van der Waals surface area contributed by atoms with E-state index < -0.39 is -4.47 Å². The van der Waals surface area contributed by atoms with Gasteiger partial charge in [0.15, 0.2) is 0 Å². The standard InChI is InChI=1S/Co.8S/q-14;;;;;;;;. The molecule has 0 radical (unpaired) electrons. The second kappa shape index (κ2) is 0.962. The first-order valence-corrected chi connectivity index (χ1v) is 13.5. The molecule has 0 saturated carbocycles. The average molecular weight is 315 g/mol. The Morgan fingerprint density at radius 2 is 0.444 bits per heavy atom. The topological polar surface area (TPSA) is 0 Å². The van der Waals surface area contributed by atoms with Crippen LogP contribution in [0.15, 0.2) is 0 Å². The zero-order valence-corrected chi connectivity index (χ0v) is 11.2. The molecule has 0 atom stereocenters. The quantitative estimate of drug-likeness (QED) is 0.592. The van der Waals surface area contributed by atoms with Crippen LogP contribution in [0.25, 0.3) is 0 Å². The first-order chi connectivity index (χ1) is 2.83. The van der Waals surface area contributed by atoms with Crippen molar-refractivity contribution >= 4 is 84.8 Å². The second-order valence-electron chi connectivity index (χ2n) is 1.56. The van der Waals surface area contributed by atoms with Crippen LogP contribution in [0.2, 0.25) is 0 Å². The van der Waals surface area contributed by atoms with Gasteiger partial charge in [0.25, 0.3) is 0 Å². The summed E-state index contributed by atoms with van der Waals surface area (Å²) in [4.78, 5) is 0. The third-order valence-corrected chi connectivity index (χ3v) is 0. The summed E-state index contributed by atoms with van der Waals surface area (Å²) < 4.78 is -6.11. The molecule has 0 amide bonds. The molecule has 9 heteroatoms. The minimum absolute atomic E-state index is 4.48. The van der Waals surface area contributed by atoms with Crippen LogP contribution in [-0.2, 0) is -4.47 Å². The van der Waals surface area contributed by atoms with Gasteiger partial charge >= 0.3 is 80.4 Å². The summed E-state index contributed by atoms with van der Waals surface area (Å²) in [5, 5.41) is 0. The molecule has 0 nitrogen and oxygen atoms in total. The van der Waals surface area contributed by atoms with E-state index in [4.69, 9.17) is 0 Å². The molecule has 0 aliphatic heterocycles. The van der Waals surface area contributed by atoms with Crippen LogP contribution in [-0.4, -0.2) is 0 Å². The Labute approximate surface area is 78.9 Å². The van der Waals surface area contributed by atoms with Crippen molar-refractivity contribution in [2.75, 3.05) is 0 Å². The van der Waals surface area contributed by atoms with E-state index in [9.17, 15) is 0 Å². The monoisotopic (exact) mass is 315 g/mol. The molecule has 0 bridgehead atoms. The number of hydrogen-bond acceptors (Lipinski definition) is 8. The molecule has 0 saturated heterocycles. The molecule has 0 aliphatic carbocycles. The maximum atomic E-state index is 4.48. The predicted octanol–water partition coefficient (Wildman–Crippen LogP) is 5.18. The van der Waals surface area contributed by atoms with Gasteiger partial charge in [-0.05, 0) is 0 Å². The summed E-state index contributed by atoms with van der Waals surface area (Å²) in [5.74, 6) is 0. The molecule has 0 fully saturated rings. The normalized spacial score (nSPS) is 30.2. The number of rotatable bonds is 0. The van der Waals surface area contributed by atoms with Gasteiger partial charge in [-0.15, -0.1) is 0 Å². The molecule has 9 heavy (non-hydrogen) atoms. The van der Waals surface area contributed by atoms with Crippen LogP contribution in [0.1, 0.15) is 0 Å². The first kappa shape index (κ1) is 11.3. The van der Waals surface area contributed by atoms with E-state index in [0.29, 0.717) is 0 Å². The molecule has 0 aromatic rings. The van der Waals surface area contributed by atoms with Gasteiger partial charge in [-0.2, -0.15) is 0 Å².